The van der Waals surface area contributed by atoms with Crippen molar-refractivity contribution in [3.05, 3.63) is 36.0 Å². The van der Waals surface area contributed by atoms with Crippen LogP contribution in [0.3, 0.4) is 0 Å². The number of benzene rings is 1. The van der Waals surface area contributed by atoms with Crippen LogP contribution in [0.2, 0.25) is 0 Å². The molecule has 1 aromatic heterocycles. The van der Waals surface area contributed by atoms with Gasteiger partial charge in [-0.1, -0.05) is 6.07 Å². The molecule has 4 nitrogen and oxygen atoms in total. The molecule has 1 aliphatic carbocycles. The van der Waals surface area contributed by atoms with Crippen molar-refractivity contribution in [3.8, 4) is 0 Å². The van der Waals surface area contributed by atoms with E-state index in [4.69, 9.17) is 0 Å². The van der Waals surface area contributed by atoms with Crippen LogP contribution in [-0.4, -0.2) is 22.3 Å². The van der Waals surface area contributed by atoms with E-state index in [-0.39, 0.29) is 17.8 Å². The Bertz CT molecular complexity index is 701. The van der Waals surface area contributed by atoms with Crippen LogP contribution < -0.4 is 10.6 Å². The lowest BCUT2D eigenvalue weighted by Gasteiger charge is -2.13. The minimum Gasteiger partial charge on any atom is -0.351 e. The van der Waals surface area contributed by atoms with Crippen molar-refractivity contribution in [3.63, 3.8) is 0 Å². The summed E-state index contributed by atoms with van der Waals surface area (Å²) in [5, 5.41) is 5.83. The Morgan fingerprint density at radius 3 is 2.61 bits per heavy atom. The molecule has 8 heteroatoms. The van der Waals surface area contributed by atoms with Gasteiger partial charge in [0.15, 0.2) is 5.69 Å². The Balaban J connectivity index is 1.89. The van der Waals surface area contributed by atoms with Crippen LogP contribution in [0.25, 0.3) is 0 Å². The molecule has 0 unspecified atom stereocenters. The number of nitrogens with one attached hydrogen (secondary N) is 2. The first-order valence-electron chi connectivity index (χ1n) is 7.08. The molecule has 3 rings (SSSR count). The third-order valence-electron chi connectivity index (χ3n) is 3.27. The topological polar surface area (TPSA) is 49.8 Å². The van der Waals surface area contributed by atoms with Crippen molar-refractivity contribution >= 4 is 29.2 Å². The van der Waals surface area contributed by atoms with Crippen LogP contribution in [-0.2, 0) is 6.18 Å². The third kappa shape index (κ3) is 4.28. The highest BCUT2D eigenvalue weighted by Gasteiger charge is 2.34. The van der Waals surface area contributed by atoms with E-state index in [1.165, 1.54) is 0 Å². The molecule has 0 atom stereocenters. The van der Waals surface area contributed by atoms with Gasteiger partial charge in [-0.05, 0) is 37.3 Å². The highest BCUT2D eigenvalue weighted by atomic mass is 32.2. The van der Waals surface area contributed by atoms with E-state index in [9.17, 15) is 13.2 Å². The molecule has 0 spiro atoms. The molecule has 1 aliphatic rings. The first-order valence-corrected chi connectivity index (χ1v) is 8.30. The Kier molecular flexibility index (Phi) is 4.34. The maximum atomic E-state index is 13.0. The number of rotatable bonds is 5. The van der Waals surface area contributed by atoms with E-state index < -0.39 is 11.9 Å². The van der Waals surface area contributed by atoms with E-state index in [2.05, 4.69) is 20.6 Å². The second-order valence-corrected chi connectivity index (χ2v) is 6.12. The molecule has 1 heterocycles. The van der Waals surface area contributed by atoms with Gasteiger partial charge in [0.05, 0.1) is 0 Å². The molecule has 1 fully saturated rings. The zero-order valence-corrected chi connectivity index (χ0v) is 13.1. The summed E-state index contributed by atoms with van der Waals surface area (Å²) < 4.78 is 39.0. The fraction of sp³-hybridized carbons (Fsp3) is 0.333. The lowest BCUT2D eigenvalue weighted by Crippen LogP contribution is -2.14. The fourth-order valence-electron chi connectivity index (χ4n) is 1.98. The minimum atomic E-state index is -4.51. The summed E-state index contributed by atoms with van der Waals surface area (Å²) in [5.74, 6) is 0.125. The molecule has 2 aromatic rings. The smallest absolute Gasteiger partial charge is 0.351 e. The van der Waals surface area contributed by atoms with E-state index in [1.54, 1.807) is 17.8 Å². The van der Waals surface area contributed by atoms with Gasteiger partial charge in [-0.25, -0.2) is 4.98 Å². The number of hydrogen-bond donors (Lipinski definition) is 2. The molecule has 23 heavy (non-hydrogen) atoms. The van der Waals surface area contributed by atoms with Gasteiger partial charge >= 0.3 is 6.18 Å². The molecule has 0 amide bonds. The van der Waals surface area contributed by atoms with Crippen LogP contribution in [0.4, 0.5) is 30.6 Å². The average molecular weight is 340 g/mol. The monoisotopic (exact) mass is 340 g/mol. The predicted octanol–water partition coefficient (Wildman–Crippen LogP) is 4.54. The van der Waals surface area contributed by atoms with Gasteiger partial charge in [0, 0.05) is 22.7 Å². The zero-order chi connectivity index (χ0) is 16.4. The Hall–Kier alpha value is -1.96. The summed E-state index contributed by atoms with van der Waals surface area (Å²) in [6.07, 6.45) is -0.722. The van der Waals surface area contributed by atoms with Gasteiger partial charge < -0.3 is 10.6 Å². The second-order valence-electron chi connectivity index (χ2n) is 5.24. The Morgan fingerprint density at radius 2 is 1.96 bits per heavy atom. The van der Waals surface area contributed by atoms with Gasteiger partial charge in [-0.15, -0.1) is 11.8 Å². The molecule has 0 saturated heterocycles. The maximum absolute atomic E-state index is 13.0. The van der Waals surface area contributed by atoms with Crippen molar-refractivity contribution in [2.45, 2.75) is 30.0 Å². The van der Waals surface area contributed by atoms with Crippen molar-refractivity contribution in [2.24, 2.45) is 0 Å². The van der Waals surface area contributed by atoms with Gasteiger partial charge in [0.25, 0.3) is 0 Å². The van der Waals surface area contributed by atoms with Gasteiger partial charge in [0.2, 0.25) is 5.95 Å². The molecule has 1 saturated carbocycles. The zero-order valence-electron chi connectivity index (χ0n) is 12.3. The van der Waals surface area contributed by atoms with Gasteiger partial charge in [0.1, 0.15) is 5.82 Å². The van der Waals surface area contributed by atoms with Crippen molar-refractivity contribution in [1.29, 1.82) is 0 Å². The SMILES string of the molecule is CSc1cccc(Nc2cc(C(F)(F)F)nc(NC3CC3)n2)c1. The first-order chi connectivity index (χ1) is 10.9. The molecule has 0 radical (unpaired) electrons. The summed E-state index contributed by atoms with van der Waals surface area (Å²) in [4.78, 5) is 8.72. The normalized spacial score (nSPS) is 14.6. The number of alkyl halides is 3. The average Bonchev–Trinajstić information content (AvgIpc) is 3.30. The Labute approximate surface area is 135 Å². The summed E-state index contributed by atoms with van der Waals surface area (Å²) in [6.45, 7) is 0. The summed E-state index contributed by atoms with van der Waals surface area (Å²) in [7, 11) is 0. The van der Waals surface area contributed by atoms with Crippen LogP contribution in [0.15, 0.2) is 35.2 Å². The minimum absolute atomic E-state index is 0.00541. The third-order valence-corrected chi connectivity index (χ3v) is 3.99. The fourth-order valence-corrected chi connectivity index (χ4v) is 2.44. The number of aromatic nitrogens is 2. The van der Waals surface area contributed by atoms with Gasteiger partial charge in [-0.2, -0.15) is 18.2 Å². The highest BCUT2D eigenvalue weighted by molar-refractivity contribution is 7.98. The van der Waals surface area contributed by atoms with Gasteiger partial charge in [-0.3, -0.25) is 0 Å². The number of hydrogen-bond acceptors (Lipinski definition) is 5. The van der Waals surface area contributed by atoms with Crippen molar-refractivity contribution < 1.29 is 13.2 Å². The lowest BCUT2D eigenvalue weighted by molar-refractivity contribution is -0.141. The first kappa shape index (κ1) is 15.9. The van der Waals surface area contributed by atoms with Crippen LogP contribution in [0.5, 0.6) is 0 Å². The molecular formula is C15H15F3N4S. The quantitative estimate of drug-likeness (QED) is 0.783. The van der Waals surface area contributed by atoms with Crippen LogP contribution in [0.1, 0.15) is 18.5 Å². The summed E-state index contributed by atoms with van der Waals surface area (Å²) in [5.41, 5.74) is -0.278. The van der Waals surface area contributed by atoms with Crippen molar-refractivity contribution in [2.75, 3.05) is 16.9 Å². The van der Waals surface area contributed by atoms with Crippen LogP contribution >= 0.6 is 11.8 Å². The second kappa shape index (κ2) is 6.27. The number of thioether (sulfide) groups is 1. The largest absolute Gasteiger partial charge is 0.433 e. The predicted molar refractivity (Wildman–Crippen MR) is 85.2 cm³/mol. The molecule has 0 aliphatic heterocycles. The van der Waals surface area contributed by atoms with E-state index >= 15 is 0 Å². The van der Waals surface area contributed by atoms with E-state index in [0.29, 0.717) is 5.69 Å². The molecule has 0 bridgehead atoms. The maximum Gasteiger partial charge on any atom is 0.433 e. The Morgan fingerprint density at radius 1 is 1.17 bits per heavy atom. The number of nitrogens with zero attached hydrogens (tertiary/aromatic N) is 2. The standard InChI is InChI=1S/C15H15F3N4S/c1-23-11-4-2-3-10(7-11)19-13-8-12(15(16,17)18)21-14(22-13)20-9-5-6-9/h2-4,7-9H,5-6H2,1H3,(H2,19,20,21,22). The van der Waals surface area contributed by atoms with E-state index in [0.717, 1.165) is 23.8 Å². The van der Waals surface area contributed by atoms with Crippen LogP contribution in [0, 0.1) is 0 Å². The number of halogens is 3. The summed E-state index contributed by atoms with van der Waals surface area (Å²) >= 11 is 1.56. The van der Waals surface area contributed by atoms with E-state index in [1.807, 2.05) is 24.5 Å². The van der Waals surface area contributed by atoms with Crippen molar-refractivity contribution in [1.82, 2.24) is 9.97 Å². The molecule has 122 valence electrons. The molecular weight excluding hydrogens is 325 g/mol. The lowest BCUT2D eigenvalue weighted by atomic mass is 10.3. The molecule has 2 N–H and O–H groups in total. The highest BCUT2D eigenvalue weighted by Crippen LogP contribution is 2.32. The molecule has 1 aromatic carbocycles. The summed E-state index contributed by atoms with van der Waals surface area (Å²) in [6, 6.07) is 8.49. The number of anilines is 3.